The van der Waals surface area contributed by atoms with E-state index >= 15 is 0 Å². The fourth-order valence-corrected chi connectivity index (χ4v) is 1.83. The molecule has 0 saturated heterocycles. The molecule has 0 aliphatic heterocycles. The minimum Gasteiger partial charge on any atom is -0.314 e. The summed E-state index contributed by atoms with van der Waals surface area (Å²) in [6.45, 7) is 2.68. The van der Waals surface area contributed by atoms with Gasteiger partial charge >= 0.3 is 0 Å². The lowest BCUT2D eigenvalue weighted by atomic mass is 10.4. The third kappa shape index (κ3) is 2.21. The van der Waals surface area contributed by atoms with Crippen LogP contribution < -0.4 is 10.9 Å². The molecule has 6 nitrogen and oxygen atoms in total. The van der Waals surface area contributed by atoms with E-state index < -0.39 is 0 Å². The zero-order valence-corrected chi connectivity index (χ0v) is 9.73. The summed E-state index contributed by atoms with van der Waals surface area (Å²) in [5, 5.41) is 6.38. The van der Waals surface area contributed by atoms with E-state index in [1.165, 1.54) is 23.4 Å². The predicted molar refractivity (Wildman–Crippen MR) is 63.1 cm³/mol. The van der Waals surface area contributed by atoms with Crippen LogP contribution in [0.3, 0.4) is 0 Å². The molecule has 1 aliphatic carbocycles. The molecule has 2 N–H and O–H groups in total. The van der Waals surface area contributed by atoms with E-state index in [0.29, 0.717) is 17.5 Å². The number of fused-ring (bicyclic) bond motifs is 1. The third-order valence-corrected chi connectivity index (χ3v) is 2.88. The molecule has 0 atom stereocenters. The summed E-state index contributed by atoms with van der Waals surface area (Å²) < 4.78 is 1.39. The van der Waals surface area contributed by atoms with Gasteiger partial charge in [-0.05, 0) is 19.8 Å². The van der Waals surface area contributed by atoms with E-state index in [-0.39, 0.29) is 5.56 Å². The molecule has 0 aromatic carbocycles. The first-order valence-electron chi connectivity index (χ1n) is 5.91. The summed E-state index contributed by atoms with van der Waals surface area (Å²) in [5.41, 5.74) is 0.588. The van der Waals surface area contributed by atoms with Crippen LogP contribution in [0.2, 0.25) is 0 Å². The molecule has 2 heterocycles. The Hall–Kier alpha value is -1.69. The summed E-state index contributed by atoms with van der Waals surface area (Å²) in [6, 6.07) is 2.19. The zero-order valence-electron chi connectivity index (χ0n) is 9.73. The van der Waals surface area contributed by atoms with E-state index in [9.17, 15) is 4.79 Å². The van der Waals surface area contributed by atoms with Crippen LogP contribution in [0.1, 0.15) is 24.4 Å². The van der Waals surface area contributed by atoms with Crippen molar-refractivity contribution >= 4 is 5.78 Å². The highest BCUT2D eigenvalue weighted by Gasteiger charge is 2.19. The molecule has 90 valence electrons. The van der Waals surface area contributed by atoms with Crippen LogP contribution >= 0.6 is 0 Å². The third-order valence-electron chi connectivity index (χ3n) is 2.88. The Morgan fingerprint density at radius 2 is 2.35 bits per heavy atom. The van der Waals surface area contributed by atoms with Crippen LogP contribution in [0.25, 0.3) is 5.78 Å². The van der Waals surface area contributed by atoms with Crippen LogP contribution in [-0.2, 0) is 6.42 Å². The van der Waals surface area contributed by atoms with Crippen LogP contribution in [0.15, 0.2) is 10.9 Å². The van der Waals surface area contributed by atoms with Crippen molar-refractivity contribution in [3.05, 3.63) is 27.9 Å². The number of H-pyrrole nitrogens is 1. The van der Waals surface area contributed by atoms with Crippen LogP contribution in [-0.4, -0.2) is 32.2 Å². The second-order valence-electron chi connectivity index (χ2n) is 4.52. The zero-order chi connectivity index (χ0) is 11.8. The molecule has 0 radical (unpaired) electrons. The Morgan fingerprint density at radius 1 is 1.53 bits per heavy atom. The lowest BCUT2D eigenvalue weighted by molar-refractivity contribution is 0.664. The Balaban J connectivity index is 1.80. The predicted octanol–water partition coefficient (Wildman–Crippen LogP) is 0.0205. The van der Waals surface area contributed by atoms with E-state index in [4.69, 9.17) is 0 Å². The maximum absolute atomic E-state index is 11.6. The quantitative estimate of drug-likeness (QED) is 0.780. The molecular formula is C11H15N5O. The van der Waals surface area contributed by atoms with Gasteiger partial charge in [0.25, 0.3) is 11.3 Å². The second-order valence-corrected chi connectivity index (χ2v) is 4.52. The molecule has 0 unspecified atom stereocenters. The number of rotatable bonds is 4. The van der Waals surface area contributed by atoms with Gasteiger partial charge in [0.15, 0.2) is 0 Å². The molecule has 0 spiro atoms. The number of aromatic nitrogens is 4. The van der Waals surface area contributed by atoms with Crippen molar-refractivity contribution in [2.75, 3.05) is 6.54 Å². The van der Waals surface area contributed by atoms with E-state index in [0.717, 1.165) is 18.8 Å². The number of aromatic amines is 1. The summed E-state index contributed by atoms with van der Waals surface area (Å²) in [7, 11) is 0. The summed E-state index contributed by atoms with van der Waals surface area (Å²) >= 11 is 0. The number of hydrogen-bond donors (Lipinski definition) is 2. The molecule has 1 fully saturated rings. The van der Waals surface area contributed by atoms with Gasteiger partial charge in [0, 0.05) is 30.8 Å². The standard InChI is InChI=1S/C11H15N5O/c1-7-6-10(17)16-11(13-7)14-9(15-16)4-5-12-8-2-3-8/h6,8,12H,2-5H2,1H3,(H,13,14,15). The fraction of sp³-hybridized carbons (Fsp3) is 0.545. The van der Waals surface area contributed by atoms with Crippen molar-refractivity contribution in [3.63, 3.8) is 0 Å². The van der Waals surface area contributed by atoms with E-state index in [2.05, 4.69) is 20.4 Å². The minimum absolute atomic E-state index is 0.110. The smallest absolute Gasteiger partial charge is 0.274 e. The second kappa shape index (κ2) is 3.96. The number of nitrogens with one attached hydrogen (secondary N) is 2. The number of nitrogens with zero attached hydrogens (tertiary/aromatic N) is 3. The van der Waals surface area contributed by atoms with Crippen molar-refractivity contribution in [1.29, 1.82) is 0 Å². The maximum atomic E-state index is 11.6. The molecule has 2 aromatic rings. The topological polar surface area (TPSA) is 75.1 Å². The first kappa shape index (κ1) is 10.5. The van der Waals surface area contributed by atoms with Crippen molar-refractivity contribution in [2.45, 2.75) is 32.2 Å². The Labute approximate surface area is 98.1 Å². The summed E-state index contributed by atoms with van der Waals surface area (Å²) in [4.78, 5) is 20.2. The maximum Gasteiger partial charge on any atom is 0.274 e. The van der Waals surface area contributed by atoms with Crippen LogP contribution in [0, 0.1) is 6.92 Å². The molecule has 6 heteroatoms. The van der Waals surface area contributed by atoms with Crippen LogP contribution in [0.5, 0.6) is 0 Å². The molecule has 0 amide bonds. The Morgan fingerprint density at radius 3 is 3.12 bits per heavy atom. The molecule has 1 aliphatic rings. The molecule has 2 aromatic heterocycles. The highest BCUT2D eigenvalue weighted by atomic mass is 16.1. The molecule has 17 heavy (non-hydrogen) atoms. The SMILES string of the molecule is Cc1cc(=O)n2[nH]c(CCNC3CC3)nc2n1. The van der Waals surface area contributed by atoms with Crippen molar-refractivity contribution < 1.29 is 0 Å². The van der Waals surface area contributed by atoms with Crippen molar-refractivity contribution in [1.82, 2.24) is 24.9 Å². The average molecular weight is 233 g/mol. The number of hydrogen-bond acceptors (Lipinski definition) is 4. The van der Waals surface area contributed by atoms with Gasteiger partial charge in [0.05, 0.1) is 0 Å². The fourth-order valence-electron chi connectivity index (χ4n) is 1.83. The minimum atomic E-state index is -0.110. The van der Waals surface area contributed by atoms with Gasteiger partial charge in [-0.15, -0.1) is 0 Å². The van der Waals surface area contributed by atoms with Gasteiger partial charge in [0.1, 0.15) is 5.82 Å². The van der Waals surface area contributed by atoms with Crippen LogP contribution in [0.4, 0.5) is 0 Å². The Bertz CT molecular complexity index is 595. The van der Waals surface area contributed by atoms with Gasteiger partial charge in [0.2, 0.25) is 0 Å². The largest absolute Gasteiger partial charge is 0.314 e. The van der Waals surface area contributed by atoms with Gasteiger partial charge in [-0.2, -0.15) is 9.50 Å². The normalized spacial score (nSPS) is 15.6. The molecule has 0 bridgehead atoms. The lowest BCUT2D eigenvalue weighted by Gasteiger charge is -1.98. The van der Waals surface area contributed by atoms with Gasteiger partial charge in [-0.1, -0.05) is 0 Å². The molecule has 1 saturated carbocycles. The number of aryl methyl sites for hydroxylation is 1. The van der Waals surface area contributed by atoms with Crippen molar-refractivity contribution in [3.8, 4) is 0 Å². The highest BCUT2D eigenvalue weighted by molar-refractivity contribution is 5.27. The first-order valence-corrected chi connectivity index (χ1v) is 5.91. The van der Waals surface area contributed by atoms with Crippen molar-refractivity contribution in [2.24, 2.45) is 0 Å². The monoisotopic (exact) mass is 233 g/mol. The highest BCUT2D eigenvalue weighted by Crippen LogP contribution is 2.18. The summed E-state index contributed by atoms with van der Waals surface area (Å²) in [5.74, 6) is 1.25. The molecule has 3 rings (SSSR count). The lowest BCUT2D eigenvalue weighted by Crippen LogP contribution is -2.20. The first-order chi connectivity index (χ1) is 8.22. The van der Waals surface area contributed by atoms with E-state index in [1.807, 2.05) is 0 Å². The summed E-state index contributed by atoms with van der Waals surface area (Å²) in [6.07, 6.45) is 3.35. The van der Waals surface area contributed by atoms with Gasteiger partial charge in [-0.3, -0.25) is 9.89 Å². The Kier molecular flexibility index (Phi) is 2.44. The van der Waals surface area contributed by atoms with E-state index in [1.54, 1.807) is 6.92 Å². The van der Waals surface area contributed by atoms with Gasteiger partial charge < -0.3 is 5.32 Å². The van der Waals surface area contributed by atoms with Gasteiger partial charge in [-0.25, -0.2) is 4.98 Å². The molecular weight excluding hydrogens is 218 g/mol. The average Bonchev–Trinajstić information content (AvgIpc) is 2.98.